The molecule has 0 fully saturated rings. The Morgan fingerprint density at radius 2 is 1.67 bits per heavy atom. The molecule has 1 rings (SSSR count). The molecule has 0 radical (unpaired) electrons. The molecule has 0 amide bonds. The Kier molecular flexibility index (Phi) is 1.99. The highest BCUT2D eigenvalue weighted by Crippen LogP contribution is 2.30. The molecule has 0 bridgehead atoms. The summed E-state index contributed by atoms with van der Waals surface area (Å²) in [5.41, 5.74) is -1.57. The standard InChI is InChI=1S/C6H2F5N/c7-4-2-1-3(5(8)12-4)6(9,10)11/h1-2H. The minimum absolute atomic E-state index is 0.303. The van der Waals surface area contributed by atoms with Gasteiger partial charge in [0.05, 0.1) is 0 Å². The van der Waals surface area contributed by atoms with Crippen LogP contribution in [0.5, 0.6) is 0 Å². The van der Waals surface area contributed by atoms with Crippen molar-refractivity contribution in [2.45, 2.75) is 6.18 Å². The lowest BCUT2D eigenvalue weighted by molar-refractivity contribution is -0.140. The zero-order valence-electron chi connectivity index (χ0n) is 5.49. The maximum Gasteiger partial charge on any atom is 0.420 e. The number of rotatable bonds is 0. The summed E-state index contributed by atoms with van der Waals surface area (Å²) in [6, 6.07) is 0.754. The van der Waals surface area contributed by atoms with Crippen molar-refractivity contribution in [3.63, 3.8) is 0 Å². The molecule has 0 aliphatic rings. The van der Waals surface area contributed by atoms with E-state index in [0.717, 1.165) is 0 Å². The Morgan fingerprint density at radius 1 is 1.08 bits per heavy atom. The summed E-state index contributed by atoms with van der Waals surface area (Å²) in [6.07, 6.45) is -4.83. The van der Waals surface area contributed by atoms with Crippen LogP contribution >= 0.6 is 0 Å². The molecule has 0 aliphatic carbocycles. The fourth-order valence-corrected chi connectivity index (χ4v) is 0.624. The molecule has 1 heterocycles. The Labute approximate surface area is 63.8 Å². The lowest BCUT2D eigenvalue weighted by Crippen LogP contribution is -2.09. The Hall–Kier alpha value is -1.20. The molecule has 0 N–H and O–H groups in total. The first-order chi connectivity index (χ1) is 5.41. The lowest BCUT2D eigenvalue weighted by atomic mass is 10.3. The van der Waals surface area contributed by atoms with Crippen LogP contribution in [-0.2, 0) is 6.18 Å². The van der Waals surface area contributed by atoms with E-state index in [1.807, 2.05) is 0 Å². The third kappa shape index (κ3) is 1.69. The van der Waals surface area contributed by atoms with Gasteiger partial charge in [0.25, 0.3) is 0 Å². The van der Waals surface area contributed by atoms with Crippen molar-refractivity contribution < 1.29 is 22.0 Å². The van der Waals surface area contributed by atoms with Gasteiger partial charge in [-0.1, -0.05) is 0 Å². The molecule has 0 unspecified atom stereocenters. The van der Waals surface area contributed by atoms with E-state index in [1.54, 1.807) is 0 Å². The van der Waals surface area contributed by atoms with Crippen LogP contribution in [0, 0.1) is 11.9 Å². The van der Waals surface area contributed by atoms with Crippen molar-refractivity contribution in [1.82, 2.24) is 4.98 Å². The largest absolute Gasteiger partial charge is 0.420 e. The summed E-state index contributed by atoms with van der Waals surface area (Å²) >= 11 is 0. The molecular weight excluding hydrogens is 181 g/mol. The van der Waals surface area contributed by atoms with Gasteiger partial charge in [-0.2, -0.15) is 26.9 Å². The number of alkyl halides is 3. The van der Waals surface area contributed by atoms with Crippen molar-refractivity contribution in [2.75, 3.05) is 0 Å². The first-order valence-electron chi connectivity index (χ1n) is 2.80. The number of nitrogens with zero attached hydrogens (tertiary/aromatic N) is 1. The normalized spacial score (nSPS) is 11.8. The van der Waals surface area contributed by atoms with Crippen molar-refractivity contribution >= 4 is 0 Å². The first kappa shape index (κ1) is 8.89. The van der Waals surface area contributed by atoms with Crippen LogP contribution in [0.15, 0.2) is 12.1 Å². The van der Waals surface area contributed by atoms with E-state index < -0.39 is 23.6 Å². The van der Waals surface area contributed by atoms with Crippen LogP contribution in [0.1, 0.15) is 5.56 Å². The average Bonchev–Trinajstić information content (AvgIpc) is 1.83. The van der Waals surface area contributed by atoms with Crippen LogP contribution in [0.2, 0.25) is 0 Å². The molecule has 6 heteroatoms. The van der Waals surface area contributed by atoms with E-state index in [0.29, 0.717) is 12.1 Å². The maximum atomic E-state index is 12.3. The zero-order chi connectivity index (χ0) is 9.35. The Bertz CT molecular complexity index is 292. The average molecular weight is 183 g/mol. The van der Waals surface area contributed by atoms with Gasteiger partial charge in [-0.3, -0.25) is 0 Å². The third-order valence-electron chi connectivity index (χ3n) is 1.12. The van der Waals surface area contributed by atoms with Gasteiger partial charge in [0.1, 0.15) is 5.56 Å². The minimum atomic E-state index is -4.83. The van der Waals surface area contributed by atoms with Gasteiger partial charge >= 0.3 is 6.18 Å². The van der Waals surface area contributed by atoms with Gasteiger partial charge in [-0.25, -0.2) is 0 Å². The van der Waals surface area contributed by atoms with Gasteiger partial charge in [0.15, 0.2) is 0 Å². The summed E-state index contributed by atoms with van der Waals surface area (Å²) in [6.45, 7) is 0. The van der Waals surface area contributed by atoms with Crippen LogP contribution in [0.3, 0.4) is 0 Å². The summed E-state index contributed by atoms with van der Waals surface area (Å²) in [5.74, 6) is -3.12. The van der Waals surface area contributed by atoms with Gasteiger partial charge in [-0.15, -0.1) is 0 Å². The van der Waals surface area contributed by atoms with Crippen LogP contribution in [0.4, 0.5) is 22.0 Å². The van der Waals surface area contributed by atoms with Crippen LogP contribution in [-0.4, -0.2) is 4.98 Å². The van der Waals surface area contributed by atoms with Crippen molar-refractivity contribution in [2.24, 2.45) is 0 Å². The second-order valence-electron chi connectivity index (χ2n) is 1.97. The lowest BCUT2D eigenvalue weighted by Gasteiger charge is -2.05. The maximum absolute atomic E-state index is 12.3. The molecule has 0 aromatic carbocycles. The van der Waals surface area contributed by atoms with Crippen LogP contribution < -0.4 is 0 Å². The van der Waals surface area contributed by atoms with Gasteiger partial charge in [-0.05, 0) is 12.1 Å². The molecule has 12 heavy (non-hydrogen) atoms. The topological polar surface area (TPSA) is 12.9 Å². The summed E-state index contributed by atoms with van der Waals surface area (Å²) < 4.78 is 59.6. The van der Waals surface area contributed by atoms with E-state index in [4.69, 9.17) is 0 Å². The van der Waals surface area contributed by atoms with Gasteiger partial charge < -0.3 is 0 Å². The van der Waals surface area contributed by atoms with Crippen molar-refractivity contribution in [3.8, 4) is 0 Å². The molecule has 0 atom stereocenters. The zero-order valence-corrected chi connectivity index (χ0v) is 5.49. The van der Waals surface area contributed by atoms with Gasteiger partial charge in [0.2, 0.25) is 11.9 Å². The number of pyridine rings is 1. The molecule has 1 aromatic heterocycles. The predicted octanol–water partition coefficient (Wildman–Crippen LogP) is 2.38. The smallest absolute Gasteiger partial charge is 0.190 e. The highest BCUT2D eigenvalue weighted by Gasteiger charge is 2.34. The number of halogens is 5. The fraction of sp³-hybridized carbons (Fsp3) is 0.167. The molecule has 0 saturated heterocycles. The van der Waals surface area contributed by atoms with E-state index in [-0.39, 0.29) is 0 Å². The number of aromatic nitrogens is 1. The molecular formula is C6H2F5N. The number of hydrogen-bond acceptors (Lipinski definition) is 1. The SMILES string of the molecule is Fc1ccc(C(F)(F)F)c(F)n1. The highest BCUT2D eigenvalue weighted by atomic mass is 19.4. The molecule has 0 spiro atoms. The van der Waals surface area contributed by atoms with Crippen molar-refractivity contribution in [1.29, 1.82) is 0 Å². The highest BCUT2D eigenvalue weighted by molar-refractivity contribution is 5.14. The Balaban J connectivity index is 3.19. The molecule has 1 nitrogen and oxygen atoms in total. The quantitative estimate of drug-likeness (QED) is 0.444. The second kappa shape index (κ2) is 2.69. The fourth-order valence-electron chi connectivity index (χ4n) is 0.624. The summed E-state index contributed by atoms with van der Waals surface area (Å²) in [4.78, 5) is 2.39. The minimum Gasteiger partial charge on any atom is -0.190 e. The summed E-state index contributed by atoms with van der Waals surface area (Å²) in [5, 5.41) is 0. The van der Waals surface area contributed by atoms with Gasteiger partial charge in [0, 0.05) is 0 Å². The number of hydrogen-bond donors (Lipinski definition) is 0. The molecule has 0 saturated carbocycles. The van der Waals surface area contributed by atoms with Crippen LogP contribution in [0.25, 0.3) is 0 Å². The van der Waals surface area contributed by atoms with E-state index in [1.165, 1.54) is 0 Å². The third-order valence-corrected chi connectivity index (χ3v) is 1.12. The molecule has 0 aliphatic heterocycles. The monoisotopic (exact) mass is 183 g/mol. The molecule has 66 valence electrons. The van der Waals surface area contributed by atoms with E-state index in [9.17, 15) is 22.0 Å². The first-order valence-corrected chi connectivity index (χ1v) is 2.80. The van der Waals surface area contributed by atoms with E-state index >= 15 is 0 Å². The van der Waals surface area contributed by atoms with E-state index in [2.05, 4.69) is 4.98 Å². The molecule has 1 aromatic rings. The Morgan fingerprint density at radius 3 is 2.08 bits per heavy atom. The summed E-state index contributed by atoms with van der Waals surface area (Å²) in [7, 11) is 0. The second-order valence-corrected chi connectivity index (χ2v) is 1.97. The predicted molar refractivity (Wildman–Crippen MR) is 29.2 cm³/mol. The van der Waals surface area contributed by atoms with Crippen molar-refractivity contribution in [3.05, 3.63) is 29.6 Å².